The average molecular weight is 123 g/mol. The Kier molecular flexibility index (Phi) is 1.49. The first kappa shape index (κ1) is 5.57. The molecule has 0 N–H and O–H groups in total. The molecule has 8 heavy (non-hydrogen) atoms. The molecule has 0 spiro atoms. The summed E-state index contributed by atoms with van der Waals surface area (Å²) in [5, 5.41) is 0. The van der Waals surface area contributed by atoms with Crippen molar-refractivity contribution in [2.24, 2.45) is 0 Å². The van der Waals surface area contributed by atoms with Crippen LogP contribution in [0.4, 0.5) is 0 Å². The Bertz CT molecular complexity index is 160. The Morgan fingerprint density at radius 2 is 1.88 bits per heavy atom. The van der Waals surface area contributed by atoms with Crippen LogP contribution in [0.5, 0.6) is 0 Å². The second-order valence-corrected chi connectivity index (χ2v) is 2.21. The van der Waals surface area contributed by atoms with Crippen molar-refractivity contribution in [3.63, 3.8) is 0 Å². The van der Waals surface area contributed by atoms with Crippen molar-refractivity contribution in [3.05, 3.63) is 29.8 Å². The summed E-state index contributed by atoms with van der Waals surface area (Å²) in [6.07, 6.45) is 0. The molecule has 0 bridgehead atoms. The van der Waals surface area contributed by atoms with Crippen LogP contribution in [0.15, 0.2) is 29.2 Å². The van der Waals surface area contributed by atoms with Gasteiger partial charge in [-0.2, -0.15) is 4.90 Å². The smallest absolute Gasteiger partial charge is 0.0413 e. The Hall–Kier alpha value is -0.560. The summed E-state index contributed by atoms with van der Waals surface area (Å²) in [6, 6.07) is 7.90. The molecule has 1 heteroatoms. The van der Waals surface area contributed by atoms with Crippen LogP contribution in [0.1, 0.15) is 5.56 Å². The van der Waals surface area contributed by atoms with Crippen molar-refractivity contribution in [2.75, 3.05) is 0 Å². The molecule has 0 unspecified atom stereocenters. The molecule has 0 aliphatic carbocycles. The second-order valence-electron chi connectivity index (χ2n) is 1.77. The molecule has 0 radical (unpaired) electrons. The molecular weight excluding hydrogens is 116 g/mol. The SMILES string of the molecule is Cc1ccccc1[S-]. The molecule has 0 saturated carbocycles. The average Bonchev–Trinajstić information content (AvgIpc) is 1.77. The largest absolute Gasteiger partial charge is 0.779 e. The highest BCUT2D eigenvalue weighted by Gasteiger charge is 1.76. The van der Waals surface area contributed by atoms with Gasteiger partial charge < -0.3 is 12.6 Å². The van der Waals surface area contributed by atoms with E-state index in [9.17, 15) is 0 Å². The molecule has 42 valence electrons. The molecule has 0 heterocycles. The molecule has 1 aromatic carbocycles. The molecule has 0 aliphatic heterocycles. The maximum Gasteiger partial charge on any atom is -0.0413 e. The third-order valence-corrected chi connectivity index (χ3v) is 1.55. The Morgan fingerprint density at radius 1 is 1.25 bits per heavy atom. The van der Waals surface area contributed by atoms with Gasteiger partial charge in [0.05, 0.1) is 0 Å². The van der Waals surface area contributed by atoms with Crippen molar-refractivity contribution >= 4 is 12.6 Å². The zero-order chi connectivity index (χ0) is 5.98. The zero-order valence-electron chi connectivity index (χ0n) is 4.72. The van der Waals surface area contributed by atoms with Gasteiger partial charge in [-0.05, 0) is 6.92 Å². The van der Waals surface area contributed by atoms with Crippen LogP contribution in [0.25, 0.3) is 0 Å². The van der Waals surface area contributed by atoms with Crippen molar-refractivity contribution in [1.29, 1.82) is 0 Å². The minimum absolute atomic E-state index is 0.951. The lowest BCUT2D eigenvalue weighted by atomic mass is 10.2. The van der Waals surface area contributed by atoms with Gasteiger partial charge in [0.25, 0.3) is 0 Å². The van der Waals surface area contributed by atoms with Gasteiger partial charge in [0.15, 0.2) is 0 Å². The molecule has 0 nitrogen and oxygen atoms in total. The topological polar surface area (TPSA) is 0 Å². The maximum absolute atomic E-state index is 4.95. The van der Waals surface area contributed by atoms with E-state index in [4.69, 9.17) is 12.6 Å². The highest BCUT2D eigenvalue weighted by atomic mass is 32.1. The quantitative estimate of drug-likeness (QED) is 0.475. The fourth-order valence-electron chi connectivity index (χ4n) is 0.556. The second kappa shape index (κ2) is 2.14. The Morgan fingerprint density at radius 3 is 2.25 bits per heavy atom. The highest BCUT2D eigenvalue weighted by Crippen LogP contribution is 2.03. The van der Waals surface area contributed by atoms with Crippen molar-refractivity contribution in [3.8, 4) is 0 Å². The molecule has 0 amide bonds. The third kappa shape index (κ3) is 0.984. The normalized spacial score (nSPS) is 9.12. The van der Waals surface area contributed by atoms with E-state index in [-0.39, 0.29) is 0 Å². The fourth-order valence-corrected chi connectivity index (χ4v) is 0.703. The number of aryl methyl sites for hydroxylation is 1. The summed E-state index contributed by atoms with van der Waals surface area (Å²) in [4.78, 5) is 0.951. The van der Waals surface area contributed by atoms with Gasteiger partial charge >= 0.3 is 0 Å². The van der Waals surface area contributed by atoms with E-state index in [0.29, 0.717) is 0 Å². The molecule has 0 saturated heterocycles. The summed E-state index contributed by atoms with van der Waals surface area (Å²) in [7, 11) is 0. The first-order valence-electron chi connectivity index (χ1n) is 2.53. The first-order valence-corrected chi connectivity index (χ1v) is 2.94. The molecule has 0 aromatic heterocycles. The first-order chi connectivity index (χ1) is 3.80. The minimum Gasteiger partial charge on any atom is -0.779 e. The van der Waals surface area contributed by atoms with E-state index in [0.717, 1.165) is 4.90 Å². The van der Waals surface area contributed by atoms with Gasteiger partial charge in [-0.25, -0.2) is 0 Å². The summed E-state index contributed by atoms with van der Waals surface area (Å²) in [5.74, 6) is 0. The standard InChI is InChI=1S/C7H8S/c1-6-4-2-3-5-7(6)8/h2-5,8H,1H3/p-1. The number of rotatable bonds is 0. The summed E-state index contributed by atoms with van der Waals surface area (Å²) in [6.45, 7) is 2.02. The van der Waals surface area contributed by atoms with Crippen LogP contribution >= 0.6 is 0 Å². The summed E-state index contributed by atoms with van der Waals surface area (Å²) in [5.41, 5.74) is 1.18. The molecule has 0 atom stereocenters. The monoisotopic (exact) mass is 123 g/mol. The van der Waals surface area contributed by atoms with Crippen LogP contribution in [0, 0.1) is 6.92 Å². The van der Waals surface area contributed by atoms with Crippen molar-refractivity contribution in [1.82, 2.24) is 0 Å². The third-order valence-electron chi connectivity index (χ3n) is 1.09. The van der Waals surface area contributed by atoms with E-state index in [1.165, 1.54) is 5.56 Å². The fraction of sp³-hybridized carbons (Fsp3) is 0.143. The van der Waals surface area contributed by atoms with E-state index >= 15 is 0 Å². The Balaban J connectivity index is 3.13. The summed E-state index contributed by atoms with van der Waals surface area (Å²) < 4.78 is 0. The van der Waals surface area contributed by atoms with Gasteiger partial charge in [-0.15, -0.1) is 0 Å². The lowest BCUT2D eigenvalue weighted by Gasteiger charge is -2.06. The van der Waals surface area contributed by atoms with Gasteiger partial charge in [-0.3, -0.25) is 0 Å². The van der Waals surface area contributed by atoms with Gasteiger partial charge in [0.2, 0.25) is 0 Å². The lowest BCUT2D eigenvalue weighted by Crippen LogP contribution is -1.74. The van der Waals surface area contributed by atoms with Crippen LogP contribution in [0.2, 0.25) is 0 Å². The number of benzene rings is 1. The van der Waals surface area contributed by atoms with Crippen molar-refractivity contribution < 1.29 is 0 Å². The highest BCUT2D eigenvalue weighted by molar-refractivity contribution is 7.58. The molecule has 0 aliphatic rings. The Labute approximate surface area is 55.0 Å². The van der Waals surface area contributed by atoms with Crippen LogP contribution in [-0.4, -0.2) is 0 Å². The maximum atomic E-state index is 4.95. The van der Waals surface area contributed by atoms with Gasteiger partial charge in [0.1, 0.15) is 0 Å². The summed E-state index contributed by atoms with van der Waals surface area (Å²) >= 11 is 4.95. The van der Waals surface area contributed by atoms with Crippen LogP contribution < -0.4 is 0 Å². The zero-order valence-corrected chi connectivity index (χ0v) is 5.53. The van der Waals surface area contributed by atoms with E-state index < -0.39 is 0 Å². The van der Waals surface area contributed by atoms with Gasteiger partial charge in [-0.1, -0.05) is 29.8 Å². The van der Waals surface area contributed by atoms with Gasteiger partial charge in [0, 0.05) is 0 Å². The van der Waals surface area contributed by atoms with Crippen LogP contribution in [-0.2, 0) is 12.6 Å². The van der Waals surface area contributed by atoms with E-state index in [1.807, 2.05) is 31.2 Å². The van der Waals surface area contributed by atoms with Crippen molar-refractivity contribution in [2.45, 2.75) is 11.8 Å². The molecule has 0 fully saturated rings. The number of hydrogen-bond acceptors (Lipinski definition) is 1. The number of hydrogen-bond donors (Lipinski definition) is 0. The predicted octanol–water partition coefficient (Wildman–Crippen LogP) is 1.90. The molecular formula is C7H7S-. The van der Waals surface area contributed by atoms with E-state index in [2.05, 4.69) is 0 Å². The minimum atomic E-state index is 0.951. The predicted molar refractivity (Wildman–Crippen MR) is 36.8 cm³/mol. The van der Waals surface area contributed by atoms with Crippen LogP contribution in [0.3, 0.4) is 0 Å². The molecule has 1 rings (SSSR count). The molecule has 1 aromatic rings. The van der Waals surface area contributed by atoms with E-state index in [1.54, 1.807) is 0 Å². The lowest BCUT2D eigenvalue weighted by molar-refractivity contribution is 1.31.